The van der Waals surface area contributed by atoms with Gasteiger partial charge in [-0.15, -0.1) is 0 Å². The van der Waals surface area contributed by atoms with Crippen molar-refractivity contribution in [3.8, 4) is 0 Å². The highest BCUT2D eigenvalue weighted by Crippen LogP contribution is 2.30. The minimum Gasteiger partial charge on any atom is -0.264 e. The molecule has 0 saturated carbocycles. The van der Waals surface area contributed by atoms with Gasteiger partial charge in [0.15, 0.2) is 0 Å². The zero-order chi connectivity index (χ0) is 18.9. The number of alkyl halides is 3. The van der Waals surface area contributed by atoms with Crippen molar-refractivity contribution in [3.63, 3.8) is 0 Å². The van der Waals surface area contributed by atoms with E-state index in [0.717, 1.165) is 16.4 Å². The quantitative estimate of drug-likeness (QED) is 0.686. The van der Waals surface area contributed by atoms with E-state index in [2.05, 4.69) is 4.98 Å². The Morgan fingerprint density at radius 1 is 1.08 bits per heavy atom. The van der Waals surface area contributed by atoms with Crippen molar-refractivity contribution in [1.82, 2.24) is 9.29 Å². The standard InChI is InChI=1S/C18H15F3N2O2S/c1-23(12-13-4-2-6-15(10-13)18(19,20)21)26(24,25)17-7-3-5-14-11-22-9-8-16(14)17/h2-11H,12H2,1H3. The Morgan fingerprint density at radius 3 is 2.54 bits per heavy atom. The van der Waals surface area contributed by atoms with Crippen molar-refractivity contribution in [2.75, 3.05) is 7.05 Å². The number of nitrogens with zero attached hydrogens (tertiary/aromatic N) is 2. The first-order chi connectivity index (χ1) is 12.2. The van der Waals surface area contributed by atoms with Gasteiger partial charge in [-0.1, -0.05) is 30.3 Å². The number of hydrogen-bond acceptors (Lipinski definition) is 3. The lowest BCUT2D eigenvalue weighted by atomic mass is 10.1. The van der Waals surface area contributed by atoms with Crippen molar-refractivity contribution >= 4 is 20.8 Å². The van der Waals surface area contributed by atoms with Gasteiger partial charge in [0.1, 0.15) is 0 Å². The van der Waals surface area contributed by atoms with Crippen LogP contribution in [0.5, 0.6) is 0 Å². The largest absolute Gasteiger partial charge is 0.416 e. The zero-order valence-corrected chi connectivity index (χ0v) is 14.6. The number of pyridine rings is 1. The Balaban J connectivity index is 1.95. The molecule has 1 heterocycles. The Bertz CT molecular complexity index is 1040. The average molecular weight is 380 g/mol. The molecule has 26 heavy (non-hydrogen) atoms. The van der Waals surface area contributed by atoms with Crippen LogP contribution in [0.25, 0.3) is 10.8 Å². The molecule has 2 aromatic carbocycles. The fourth-order valence-corrected chi connectivity index (χ4v) is 4.04. The summed E-state index contributed by atoms with van der Waals surface area (Å²) in [7, 11) is -2.54. The minimum absolute atomic E-state index is 0.0897. The molecule has 0 unspecified atom stereocenters. The van der Waals surface area contributed by atoms with Crippen LogP contribution in [0.15, 0.2) is 65.8 Å². The van der Waals surface area contributed by atoms with Gasteiger partial charge in [0.05, 0.1) is 10.5 Å². The number of rotatable bonds is 4. The summed E-state index contributed by atoms with van der Waals surface area (Å²) in [5.41, 5.74) is -0.551. The highest BCUT2D eigenvalue weighted by molar-refractivity contribution is 7.89. The molecule has 0 spiro atoms. The van der Waals surface area contributed by atoms with Crippen LogP contribution in [0.4, 0.5) is 13.2 Å². The van der Waals surface area contributed by atoms with Crippen molar-refractivity contribution in [2.24, 2.45) is 0 Å². The van der Waals surface area contributed by atoms with E-state index < -0.39 is 21.8 Å². The molecule has 0 aliphatic carbocycles. The molecule has 3 aromatic rings. The van der Waals surface area contributed by atoms with Crippen LogP contribution in [0.3, 0.4) is 0 Å². The van der Waals surface area contributed by atoms with Gasteiger partial charge < -0.3 is 0 Å². The van der Waals surface area contributed by atoms with Crippen LogP contribution in [-0.2, 0) is 22.7 Å². The van der Waals surface area contributed by atoms with Gasteiger partial charge in [-0.25, -0.2) is 8.42 Å². The van der Waals surface area contributed by atoms with Gasteiger partial charge in [-0.3, -0.25) is 4.98 Å². The molecule has 0 aliphatic heterocycles. The maximum Gasteiger partial charge on any atom is 0.416 e. The molecule has 4 nitrogen and oxygen atoms in total. The summed E-state index contributed by atoms with van der Waals surface area (Å²) in [5.74, 6) is 0. The molecule has 8 heteroatoms. The zero-order valence-electron chi connectivity index (χ0n) is 13.7. The highest BCUT2D eigenvalue weighted by atomic mass is 32.2. The van der Waals surface area contributed by atoms with Gasteiger partial charge in [-0.05, 0) is 23.8 Å². The molecule has 0 bridgehead atoms. The molecule has 136 valence electrons. The second-order valence-corrected chi connectivity index (χ2v) is 7.83. The molecular weight excluding hydrogens is 365 g/mol. The molecular formula is C18H15F3N2O2S. The predicted molar refractivity (Wildman–Crippen MR) is 91.8 cm³/mol. The molecule has 0 N–H and O–H groups in total. The van der Waals surface area contributed by atoms with Crippen LogP contribution in [0.1, 0.15) is 11.1 Å². The second kappa shape index (κ2) is 6.69. The lowest BCUT2D eigenvalue weighted by molar-refractivity contribution is -0.137. The SMILES string of the molecule is CN(Cc1cccc(C(F)(F)F)c1)S(=O)(=O)c1cccc2cnccc12. The summed E-state index contributed by atoms with van der Waals surface area (Å²) >= 11 is 0. The third kappa shape index (κ3) is 3.56. The van der Waals surface area contributed by atoms with Crippen LogP contribution in [-0.4, -0.2) is 24.8 Å². The van der Waals surface area contributed by atoms with Crippen molar-refractivity contribution in [3.05, 3.63) is 72.1 Å². The smallest absolute Gasteiger partial charge is 0.264 e. The predicted octanol–water partition coefficient (Wildman–Crippen LogP) is 4.07. The average Bonchev–Trinajstić information content (AvgIpc) is 2.60. The van der Waals surface area contributed by atoms with Gasteiger partial charge in [0.2, 0.25) is 10.0 Å². The molecule has 3 rings (SSSR count). The topological polar surface area (TPSA) is 50.3 Å². The molecule has 0 radical (unpaired) electrons. The van der Waals surface area contributed by atoms with Gasteiger partial charge >= 0.3 is 6.18 Å². The van der Waals surface area contributed by atoms with E-state index in [4.69, 9.17) is 0 Å². The van der Waals surface area contributed by atoms with Gasteiger partial charge in [0, 0.05) is 36.8 Å². The Morgan fingerprint density at radius 2 is 1.81 bits per heavy atom. The van der Waals surface area contributed by atoms with Crippen LogP contribution in [0.2, 0.25) is 0 Å². The Hall–Kier alpha value is -2.45. The first-order valence-corrected chi connectivity index (χ1v) is 9.09. The van der Waals surface area contributed by atoms with E-state index in [0.29, 0.717) is 10.8 Å². The number of sulfonamides is 1. The van der Waals surface area contributed by atoms with E-state index >= 15 is 0 Å². The lowest BCUT2D eigenvalue weighted by Gasteiger charge is -2.19. The summed E-state index contributed by atoms with van der Waals surface area (Å²) in [6.45, 7) is -0.173. The highest BCUT2D eigenvalue weighted by Gasteiger charge is 2.31. The molecule has 1 aromatic heterocycles. The number of hydrogen-bond donors (Lipinski definition) is 0. The summed E-state index contributed by atoms with van der Waals surface area (Å²) < 4.78 is 65.4. The van der Waals surface area contributed by atoms with Gasteiger partial charge in [-0.2, -0.15) is 17.5 Å². The summed E-state index contributed by atoms with van der Waals surface area (Å²) in [6.07, 6.45) is -1.43. The van der Waals surface area contributed by atoms with Crippen LogP contribution >= 0.6 is 0 Å². The van der Waals surface area contributed by atoms with Crippen LogP contribution < -0.4 is 0 Å². The number of halogens is 3. The third-order valence-corrected chi connectivity index (χ3v) is 5.85. The Labute approximate surface area is 149 Å². The van der Waals surface area contributed by atoms with Gasteiger partial charge in [0.25, 0.3) is 0 Å². The summed E-state index contributed by atoms with van der Waals surface area (Å²) in [4.78, 5) is 4.06. The second-order valence-electron chi connectivity index (χ2n) is 5.81. The summed E-state index contributed by atoms with van der Waals surface area (Å²) in [5, 5.41) is 1.18. The molecule has 0 atom stereocenters. The first kappa shape index (κ1) is 18.3. The van der Waals surface area contributed by atoms with Crippen molar-refractivity contribution in [2.45, 2.75) is 17.6 Å². The van der Waals surface area contributed by atoms with Crippen LogP contribution in [0, 0.1) is 0 Å². The first-order valence-electron chi connectivity index (χ1n) is 7.65. The molecule has 0 amide bonds. The minimum atomic E-state index is -4.48. The lowest BCUT2D eigenvalue weighted by Crippen LogP contribution is -2.26. The summed E-state index contributed by atoms with van der Waals surface area (Å²) in [6, 6.07) is 11.1. The fraction of sp³-hybridized carbons (Fsp3) is 0.167. The van der Waals surface area contributed by atoms with E-state index in [1.54, 1.807) is 24.4 Å². The number of fused-ring (bicyclic) bond motifs is 1. The van der Waals surface area contributed by atoms with Crippen molar-refractivity contribution < 1.29 is 21.6 Å². The number of benzene rings is 2. The van der Waals surface area contributed by atoms with E-state index in [1.165, 1.54) is 31.4 Å². The molecule has 0 fully saturated rings. The monoisotopic (exact) mass is 380 g/mol. The third-order valence-electron chi connectivity index (χ3n) is 3.99. The van der Waals surface area contributed by atoms with E-state index in [9.17, 15) is 21.6 Å². The van der Waals surface area contributed by atoms with Crippen molar-refractivity contribution in [1.29, 1.82) is 0 Å². The fourth-order valence-electron chi connectivity index (χ4n) is 2.67. The number of aromatic nitrogens is 1. The molecule has 0 aliphatic rings. The normalized spacial score (nSPS) is 12.7. The van der Waals surface area contributed by atoms with E-state index in [-0.39, 0.29) is 17.0 Å². The Kier molecular flexibility index (Phi) is 4.72. The molecule has 0 saturated heterocycles. The van der Waals surface area contributed by atoms with E-state index in [1.807, 2.05) is 0 Å². The maximum atomic E-state index is 12.9. The maximum absolute atomic E-state index is 12.9.